The van der Waals surface area contributed by atoms with Crippen molar-refractivity contribution < 1.29 is 24.2 Å². The van der Waals surface area contributed by atoms with Gasteiger partial charge in [-0.1, -0.05) is 0 Å². The fourth-order valence-corrected chi connectivity index (χ4v) is 3.38. The Balaban J connectivity index is 2.38. The first kappa shape index (κ1) is 19.6. The van der Waals surface area contributed by atoms with E-state index in [0.717, 1.165) is 11.3 Å². The molecule has 9 nitrogen and oxygen atoms in total. The maximum absolute atomic E-state index is 12.2. The number of hydrogen-bond donors (Lipinski definition) is 3. The Hall–Kier alpha value is -2.75. The molecule has 0 aliphatic heterocycles. The van der Waals surface area contributed by atoms with Gasteiger partial charge < -0.3 is 20.9 Å². The second-order valence-electron chi connectivity index (χ2n) is 5.95. The Morgan fingerprint density at radius 3 is 2.62 bits per heavy atom. The zero-order valence-electron chi connectivity index (χ0n) is 14.6. The molecule has 0 aliphatic carbocycles. The van der Waals surface area contributed by atoms with Crippen LogP contribution in [0.5, 0.6) is 0 Å². The summed E-state index contributed by atoms with van der Waals surface area (Å²) >= 11 is 1.15. The quantitative estimate of drug-likeness (QED) is 0.587. The molecule has 10 heteroatoms. The van der Waals surface area contributed by atoms with Crippen LogP contribution >= 0.6 is 11.3 Å². The van der Waals surface area contributed by atoms with E-state index in [0.29, 0.717) is 20.7 Å². The number of fused-ring (bicyclic) bond motifs is 1. The molecule has 2 aromatic heterocycles. The van der Waals surface area contributed by atoms with E-state index < -0.39 is 23.9 Å². The Kier molecular flexibility index (Phi) is 6.09. The molecule has 1 unspecified atom stereocenters. The molecule has 4 N–H and O–H groups in total. The fourth-order valence-electron chi connectivity index (χ4n) is 2.35. The number of esters is 1. The van der Waals surface area contributed by atoms with Gasteiger partial charge in [-0.25, -0.2) is 19.6 Å². The molecule has 0 spiro atoms. The van der Waals surface area contributed by atoms with Crippen molar-refractivity contribution in [3.8, 4) is 0 Å². The molecular weight excluding hydrogens is 360 g/mol. The maximum Gasteiger partial charge on any atom is 0.348 e. The summed E-state index contributed by atoms with van der Waals surface area (Å²) in [6.07, 6.45) is 0.959. The number of hydrogen-bond acceptors (Lipinski definition) is 8. The van der Waals surface area contributed by atoms with Gasteiger partial charge in [-0.05, 0) is 32.8 Å². The number of carboxylic acid groups (broad SMARTS) is 1. The number of aryl methyl sites for hydroxylation is 1. The van der Waals surface area contributed by atoms with Crippen LogP contribution in [0.1, 0.15) is 41.9 Å². The normalized spacial score (nSPS) is 12.2. The molecule has 0 bridgehead atoms. The number of aliphatic carboxylic acids is 1. The number of aromatic nitrogens is 2. The van der Waals surface area contributed by atoms with E-state index in [4.69, 9.17) is 10.5 Å². The molecule has 0 saturated carbocycles. The van der Waals surface area contributed by atoms with Crippen molar-refractivity contribution in [1.29, 1.82) is 0 Å². The standard InChI is InChI=1S/C16H20N4O5S/c1-7(2)25-16(24)12-8(3)11-13(18-6-19-14(11)26-12)20-9(15(22)23)4-5-10(17)21/h6-7,9H,4-5H2,1-3H3,(H2,17,21)(H,22,23)(H,18,19,20). The number of primary amides is 1. The molecule has 0 saturated heterocycles. The third-order valence-electron chi connectivity index (χ3n) is 3.54. The van der Waals surface area contributed by atoms with Crippen molar-refractivity contribution in [2.75, 3.05) is 5.32 Å². The summed E-state index contributed by atoms with van der Waals surface area (Å²) < 4.78 is 5.23. The van der Waals surface area contributed by atoms with Gasteiger partial charge in [0.2, 0.25) is 5.91 Å². The highest BCUT2D eigenvalue weighted by Crippen LogP contribution is 2.34. The molecule has 26 heavy (non-hydrogen) atoms. The molecule has 2 rings (SSSR count). The van der Waals surface area contributed by atoms with E-state index in [1.807, 2.05) is 0 Å². The van der Waals surface area contributed by atoms with Crippen LogP contribution in [0.3, 0.4) is 0 Å². The van der Waals surface area contributed by atoms with Gasteiger partial charge in [-0.15, -0.1) is 11.3 Å². The van der Waals surface area contributed by atoms with Gasteiger partial charge in [0.1, 0.15) is 27.9 Å². The van der Waals surface area contributed by atoms with Crippen LogP contribution < -0.4 is 11.1 Å². The minimum Gasteiger partial charge on any atom is -0.480 e. The molecule has 2 heterocycles. The van der Waals surface area contributed by atoms with Gasteiger partial charge in [0.05, 0.1) is 11.5 Å². The van der Waals surface area contributed by atoms with E-state index in [1.165, 1.54) is 6.33 Å². The third kappa shape index (κ3) is 4.45. The topological polar surface area (TPSA) is 144 Å². The number of carbonyl (C=O) groups is 3. The van der Waals surface area contributed by atoms with Crippen LogP contribution in [-0.4, -0.2) is 45.1 Å². The highest BCUT2D eigenvalue weighted by Gasteiger charge is 2.24. The number of nitrogens with two attached hydrogens (primary N) is 1. The van der Waals surface area contributed by atoms with E-state index in [-0.39, 0.29) is 24.8 Å². The summed E-state index contributed by atoms with van der Waals surface area (Å²) in [6, 6.07) is -1.05. The molecule has 1 atom stereocenters. The first-order valence-electron chi connectivity index (χ1n) is 7.93. The number of rotatable bonds is 8. The average Bonchev–Trinajstić information content (AvgIpc) is 2.88. The van der Waals surface area contributed by atoms with Crippen LogP contribution in [0.2, 0.25) is 0 Å². The van der Waals surface area contributed by atoms with Crippen LogP contribution in [0.15, 0.2) is 6.33 Å². The largest absolute Gasteiger partial charge is 0.480 e. The highest BCUT2D eigenvalue weighted by molar-refractivity contribution is 7.20. The zero-order valence-corrected chi connectivity index (χ0v) is 15.4. The lowest BCUT2D eigenvalue weighted by Crippen LogP contribution is -2.31. The molecule has 1 amide bonds. The molecule has 140 valence electrons. The summed E-state index contributed by atoms with van der Waals surface area (Å²) in [5, 5.41) is 12.7. The number of nitrogens with zero attached hydrogens (tertiary/aromatic N) is 2. The van der Waals surface area contributed by atoms with Crippen molar-refractivity contribution in [1.82, 2.24) is 9.97 Å². The van der Waals surface area contributed by atoms with Crippen LogP contribution in [-0.2, 0) is 14.3 Å². The molecule has 0 radical (unpaired) electrons. The SMILES string of the molecule is Cc1c(C(=O)OC(C)C)sc2ncnc(NC(CCC(N)=O)C(=O)O)c12. The lowest BCUT2D eigenvalue weighted by Gasteiger charge is -2.15. The molecule has 0 fully saturated rings. The van der Waals surface area contributed by atoms with Crippen LogP contribution in [0, 0.1) is 6.92 Å². The summed E-state index contributed by atoms with van der Waals surface area (Å²) in [6.45, 7) is 5.23. The second-order valence-corrected chi connectivity index (χ2v) is 6.95. The van der Waals surface area contributed by atoms with Gasteiger partial charge in [0.25, 0.3) is 0 Å². The summed E-state index contributed by atoms with van der Waals surface area (Å²) in [4.78, 5) is 43.8. The van der Waals surface area contributed by atoms with Gasteiger partial charge in [0, 0.05) is 6.42 Å². The molecule has 0 aromatic carbocycles. The summed E-state index contributed by atoms with van der Waals surface area (Å²) in [5.74, 6) is -1.90. The molecule has 2 aromatic rings. The summed E-state index contributed by atoms with van der Waals surface area (Å²) in [5.41, 5.74) is 5.70. The van der Waals surface area contributed by atoms with E-state index >= 15 is 0 Å². The minimum atomic E-state index is -1.13. The Morgan fingerprint density at radius 1 is 1.35 bits per heavy atom. The van der Waals surface area contributed by atoms with Gasteiger partial charge in [-0.2, -0.15) is 0 Å². The first-order chi connectivity index (χ1) is 12.2. The second kappa shape index (κ2) is 8.09. The molecule has 0 aliphatic rings. The third-order valence-corrected chi connectivity index (χ3v) is 4.72. The van der Waals surface area contributed by atoms with E-state index in [9.17, 15) is 19.5 Å². The monoisotopic (exact) mass is 380 g/mol. The number of amides is 1. The van der Waals surface area contributed by atoms with Crippen LogP contribution in [0.25, 0.3) is 10.2 Å². The van der Waals surface area contributed by atoms with E-state index in [2.05, 4.69) is 15.3 Å². The average molecular weight is 380 g/mol. The predicted molar refractivity (Wildman–Crippen MR) is 96.2 cm³/mol. The maximum atomic E-state index is 12.2. The van der Waals surface area contributed by atoms with Crippen molar-refractivity contribution in [2.24, 2.45) is 5.73 Å². The molecular formula is C16H20N4O5S. The van der Waals surface area contributed by atoms with Gasteiger partial charge >= 0.3 is 11.9 Å². The Morgan fingerprint density at radius 2 is 2.04 bits per heavy atom. The Bertz CT molecular complexity index is 849. The predicted octanol–water partition coefficient (Wildman–Crippen LogP) is 1.70. The lowest BCUT2D eigenvalue weighted by molar-refractivity contribution is -0.138. The van der Waals surface area contributed by atoms with Crippen molar-refractivity contribution >= 4 is 45.2 Å². The van der Waals surface area contributed by atoms with Gasteiger partial charge in [0.15, 0.2) is 0 Å². The smallest absolute Gasteiger partial charge is 0.348 e. The van der Waals surface area contributed by atoms with Crippen molar-refractivity contribution in [2.45, 2.75) is 45.8 Å². The number of ether oxygens (including phenoxy) is 1. The number of carbonyl (C=O) groups excluding carboxylic acids is 2. The minimum absolute atomic E-state index is 0.0155. The van der Waals surface area contributed by atoms with Crippen molar-refractivity contribution in [3.63, 3.8) is 0 Å². The van der Waals surface area contributed by atoms with Crippen LogP contribution in [0.4, 0.5) is 5.82 Å². The van der Waals surface area contributed by atoms with Crippen molar-refractivity contribution in [3.05, 3.63) is 16.8 Å². The summed E-state index contributed by atoms with van der Waals surface area (Å²) in [7, 11) is 0. The van der Waals surface area contributed by atoms with Gasteiger partial charge in [-0.3, -0.25) is 4.79 Å². The number of anilines is 1. The highest BCUT2D eigenvalue weighted by atomic mass is 32.1. The zero-order chi connectivity index (χ0) is 19.4. The number of nitrogens with one attached hydrogen (secondary N) is 1. The van der Waals surface area contributed by atoms with E-state index in [1.54, 1.807) is 20.8 Å². The fraction of sp³-hybridized carbons (Fsp3) is 0.438. The first-order valence-corrected chi connectivity index (χ1v) is 8.75. The Labute approximate surface area is 153 Å². The lowest BCUT2D eigenvalue weighted by atomic mass is 10.1. The number of carboxylic acids is 1. The number of thiophene rings is 1.